The highest BCUT2D eigenvalue weighted by atomic mass is 32.1. The minimum absolute atomic E-state index is 1.18. The molecule has 0 aliphatic carbocycles. The standard InChI is InChI=1S/C10H16N2S/c1-11-5-3-6-12(8-7-11)10-4-2-9-13-10/h2,4,9H,3,5-8H2,1H3. The summed E-state index contributed by atoms with van der Waals surface area (Å²) in [4.78, 5) is 4.90. The maximum absolute atomic E-state index is 2.49. The molecule has 0 radical (unpaired) electrons. The van der Waals surface area contributed by atoms with Crippen LogP contribution in [0.15, 0.2) is 17.5 Å². The van der Waals surface area contributed by atoms with Crippen molar-refractivity contribution in [2.45, 2.75) is 6.42 Å². The molecule has 1 aromatic rings. The summed E-state index contributed by atoms with van der Waals surface area (Å²) in [7, 11) is 2.21. The first-order valence-electron chi connectivity index (χ1n) is 4.83. The Kier molecular flexibility index (Phi) is 2.86. The SMILES string of the molecule is CN1CCCN(c2cccs2)CC1. The van der Waals surface area contributed by atoms with Crippen molar-refractivity contribution in [1.29, 1.82) is 0 Å². The van der Waals surface area contributed by atoms with Gasteiger partial charge in [0.1, 0.15) is 0 Å². The Bertz CT molecular complexity index is 245. The summed E-state index contributed by atoms with van der Waals surface area (Å²) in [6.45, 7) is 4.82. The Morgan fingerprint density at radius 3 is 2.92 bits per heavy atom. The third-order valence-electron chi connectivity index (χ3n) is 2.54. The van der Waals surface area contributed by atoms with Crippen LogP contribution in [0.3, 0.4) is 0 Å². The highest BCUT2D eigenvalue weighted by Gasteiger charge is 2.12. The zero-order valence-corrected chi connectivity index (χ0v) is 8.89. The number of hydrogen-bond acceptors (Lipinski definition) is 3. The number of anilines is 1. The molecule has 0 bridgehead atoms. The number of likely N-dealkylation sites (N-methyl/N-ethyl adjacent to an activating group) is 1. The Balaban J connectivity index is 2.00. The van der Waals surface area contributed by atoms with Gasteiger partial charge in [-0.3, -0.25) is 0 Å². The molecule has 1 aliphatic heterocycles. The second kappa shape index (κ2) is 4.11. The molecule has 0 atom stereocenters. The maximum atomic E-state index is 2.49. The number of rotatable bonds is 1. The number of hydrogen-bond donors (Lipinski definition) is 0. The van der Waals surface area contributed by atoms with Crippen LogP contribution in [0.5, 0.6) is 0 Å². The molecule has 0 unspecified atom stereocenters. The molecule has 3 heteroatoms. The van der Waals surface area contributed by atoms with Gasteiger partial charge in [0.2, 0.25) is 0 Å². The summed E-state index contributed by atoms with van der Waals surface area (Å²) in [5.74, 6) is 0. The van der Waals surface area contributed by atoms with Crippen LogP contribution < -0.4 is 4.90 Å². The molecule has 0 spiro atoms. The van der Waals surface area contributed by atoms with Gasteiger partial charge in [-0.15, -0.1) is 11.3 Å². The van der Waals surface area contributed by atoms with E-state index in [0.717, 1.165) is 0 Å². The van der Waals surface area contributed by atoms with Crippen LogP contribution in [-0.4, -0.2) is 38.1 Å². The lowest BCUT2D eigenvalue weighted by Gasteiger charge is -2.20. The molecule has 0 saturated carbocycles. The quantitative estimate of drug-likeness (QED) is 0.677. The van der Waals surface area contributed by atoms with Gasteiger partial charge in [-0.1, -0.05) is 0 Å². The van der Waals surface area contributed by atoms with Crippen molar-refractivity contribution in [2.24, 2.45) is 0 Å². The van der Waals surface area contributed by atoms with E-state index in [1.54, 1.807) is 0 Å². The zero-order chi connectivity index (χ0) is 9.10. The van der Waals surface area contributed by atoms with Crippen molar-refractivity contribution < 1.29 is 0 Å². The van der Waals surface area contributed by atoms with Gasteiger partial charge in [-0.2, -0.15) is 0 Å². The van der Waals surface area contributed by atoms with E-state index in [2.05, 4.69) is 34.4 Å². The van der Waals surface area contributed by atoms with E-state index in [0.29, 0.717) is 0 Å². The molecule has 0 N–H and O–H groups in total. The van der Waals surface area contributed by atoms with E-state index in [1.807, 2.05) is 11.3 Å². The first-order valence-corrected chi connectivity index (χ1v) is 5.71. The van der Waals surface area contributed by atoms with Crippen LogP contribution in [0.25, 0.3) is 0 Å². The van der Waals surface area contributed by atoms with Gasteiger partial charge in [0.15, 0.2) is 0 Å². The van der Waals surface area contributed by atoms with E-state index in [9.17, 15) is 0 Å². The molecule has 0 aromatic carbocycles. The molecule has 1 aliphatic rings. The molecule has 1 fully saturated rings. The molecule has 1 saturated heterocycles. The summed E-state index contributed by atoms with van der Waals surface area (Å²) in [5.41, 5.74) is 0. The van der Waals surface area contributed by atoms with Gasteiger partial charge in [0.25, 0.3) is 0 Å². The average molecular weight is 196 g/mol. The molecule has 1 aromatic heterocycles. The largest absolute Gasteiger partial charge is 0.362 e. The Morgan fingerprint density at radius 1 is 1.23 bits per heavy atom. The molecule has 72 valence electrons. The molecule has 2 nitrogen and oxygen atoms in total. The van der Waals surface area contributed by atoms with Gasteiger partial charge in [-0.25, -0.2) is 0 Å². The van der Waals surface area contributed by atoms with E-state index in [-0.39, 0.29) is 0 Å². The van der Waals surface area contributed by atoms with Crippen LogP contribution in [0, 0.1) is 0 Å². The van der Waals surface area contributed by atoms with Crippen molar-refractivity contribution in [1.82, 2.24) is 4.90 Å². The van der Waals surface area contributed by atoms with Crippen LogP contribution in [0.2, 0.25) is 0 Å². The monoisotopic (exact) mass is 196 g/mol. The lowest BCUT2D eigenvalue weighted by atomic mass is 10.4. The van der Waals surface area contributed by atoms with Crippen LogP contribution >= 0.6 is 11.3 Å². The molecule has 2 heterocycles. The Morgan fingerprint density at radius 2 is 2.15 bits per heavy atom. The van der Waals surface area contributed by atoms with Crippen LogP contribution in [-0.2, 0) is 0 Å². The predicted molar refractivity (Wildman–Crippen MR) is 58.6 cm³/mol. The normalized spacial score (nSPS) is 20.2. The second-order valence-corrected chi connectivity index (χ2v) is 4.52. The minimum atomic E-state index is 1.18. The van der Waals surface area contributed by atoms with E-state index in [1.165, 1.54) is 37.6 Å². The lowest BCUT2D eigenvalue weighted by Crippen LogP contribution is -2.27. The third-order valence-corrected chi connectivity index (χ3v) is 3.47. The average Bonchev–Trinajstić information content (AvgIpc) is 2.56. The number of nitrogens with zero attached hydrogens (tertiary/aromatic N) is 2. The molecule has 2 rings (SSSR count). The predicted octanol–water partition coefficient (Wildman–Crippen LogP) is 1.89. The second-order valence-electron chi connectivity index (χ2n) is 3.60. The number of thiophene rings is 1. The first kappa shape index (κ1) is 9.03. The van der Waals surface area contributed by atoms with Crippen LogP contribution in [0.4, 0.5) is 5.00 Å². The van der Waals surface area contributed by atoms with E-state index >= 15 is 0 Å². The van der Waals surface area contributed by atoms with Gasteiger partial charge < -0.3 is 9.80 Å². The summed E-state index contributed by atoms with van der Waals surface area (Å²) < 4.78 is 0. The van der Waals surface area contributed by atoms with Gasteiger partial charge in [0, 0.05) is 19.6 Å². The fourth-order valence-electron chi connectivity index (χ4n) is 1.72. The van der Waals surface area contributed by atoms with E-state index < -0.39 is 0 Å². The Hall–Kier alpha value is -0.540. The summed E-state index contributed by atoms with van der Waals surface area (Å²) in [5, 5.41) is 3.58. The maximum Gasteiger partial charge on any atom is 0.0908 e. The van der Waals surface area contributed by atoms with Crippen LogP contribution in [0.1, 0.15) is 6.42 Å². The molecular formula is C10H16N2S. The summed E-state index contributed by atoms with van der Waals surface area (Å²) in [6, 6.07) is 4.35. The highest BCUT2D eigenvalue weighted by molar-refractivity contribution is 7.14. The molecule has 0 amide bonds. The van der Waals surface area contributed by atoms with Gasteiger partial charge in [-0.05, 0) is 37.5 Å². The van der Waals surface area contributed by atoms with Crippen molar-refractivity contribution in [2.75, 3.05) is 38.1 Å². The fraction of sp³-hybridized carbons (Fsp3) is 0.600. The van der Waals surface area contributed by atoms with Gasteiger partial charge in [0.05, 0.1) is 5.00 Å². The third kappa shape index (κ3) is 2.23. The molecular weight excluding hydrogens is 180 g/mol. The topological polar surface area (TPSA) is 6.48 Å². The van der Waals surface area contributed by atoms with Crippen molar-refractivity contribution in [3.8, 4) is 0 Å². The molecule has 13 heavy (non-hydrogen) atoms. The summed E-state index contributed by atoms with van der Waals surface area (Å²) >= 11 is 1.85. The Labute approximate surface area is 83.8 Å². The lowest BCUT2D eigenvalue weighted by molar-refractivity contribution is 0.360. The van der Waals surface area contributed by atoms with E-state index in [4.69, 9.17) is 0 Å². The smallest absolute Gasteiger partial charge is 0.0908 e. The van der Waals surface area contributed by atoms with Crippen molar-refractivity contribution >= 4 is 16.3 Å². The van der Waals surface area contributed by atoms with Crippen molar-refractivity contribution in [3.05, 3.63) is 17.5 Å². The zero-order valence-electron chi connectivity index (χ0n) is 8.07. The fourth-order valence-corrected chi connectivity index (χ4v) is 2.50. The summed E-state index contributed by atoms with van der Waals surface area (Å²) in [6.07, 6.45) is 1.29. The first-order chi connectivity index (χ1) is 6.36. The highest BCUT2D eigenvalue weighted by Crippen LogP contribution is 2.21. The van der Waals surface area contributed by atoms with Gasteiger partial charge >= 0.3 is 0 Å². The minimum Gasteiger partial charge on any atom is -0.362 e. The van der Waals surface area contributed by atoms with Crippen molar-refractivity contribution in [3.63, 3.8) is 0 Å².